The molecule has 58 valence electrons. The van der Waals surface area contributed by atoms with Gasteiger partial charge in [-0.15, -0.1) is 9.24 Å². The maximum absolute atomic E-state index is 10.5. The third-order valence-corrected chi connectivity index (χ3v) is 1.67. The van der Waals surface area contributed by atoms with E-state index in [1.165, 1.54) is 6.07 Å². The minimum Gasteiger partial charge on any atom is -0.478 e. The van der Waals surface area contributed by atoms with E-state index in [4.69, 9.17) is 10.8 Å². The van der Waals surface area contributed by atoms with Gasteiger partial charge in [0.25, 0.3) is 0 Å². The summed E-state index contributed by atoms with van der Waals surface area (Å²) < 4.78 is 0. The van der Waals surface area contributed by atoms with Gasteiger partial charge in [0.05, 0.1) is 5.56 Å². The molecule has 0 saturated carbocycles. The number of aromatic carboxylic acids is 1. The second-order valence-electron chi connectivity index (χ2n) is 2.15. The van der Waals surface area contributed by atoms with Crippen molar-refractivity contribution >= 4 is 26.2 Å². The van der Waals surface area contributed by atoms with E-state index >= 15 is 0 Å². The molecule has 3 N–H and O–H groups in total. The lowest BCUT2D eigenvalue weighted by Gasteiger charge is -2.00. The molecular weight excluding hydrogens is 161 g/mol. The molecule has 11 heavy (non-hydrogen) atoms. The normalized spacial score (nSPS) is 9.55. The van der Waals surface area contributed by atoms with E-state index in [9.17, 15) is 4.79 Å². The average Bonchev–Trinajstić information content (AvgIpc) is 1.94. The van der Waals surface area contributed by atoms with Crippen molar-refractivity contribution in [2.24, 2.45) is 0 Å². The molecule has 0 radical (unpaired) electrons. The number of rotatable bonds is 1. The molecule has 1 aromatic carbocycles. The molecule has 0 spiro atoms. The number of hydrogen-bond donors (Lipinski definition) is 2. The number of carboxylic acids is 1. The van der Waals surface area contributed by atoms with Crippen LogP contribution in [0.3, 0.4) is 0 Å². The summed E-state index contributed by atoms with van der Waals surface area (Å²) in [5.41, 5.74) is 5.85. The van der Waals surface area contributed by atoms with Crippen LogP contribution in [-0.2, 0) is 0 Å². The van der Waals surface area contributed by atoms with Crippen molar-refractivity contribution in [3.05, 3.63) is 23.8 Å². The fourth-order valence-electron chi connectivity index (χ4n) is 0.759. The van der Waals surface area contributed by atoms with Crippen molar-refractivity contribution in [3.8, 4) is 0 Å². The van der Waals surface area contributed by atoms with Crippen molar-refractivity contribution in [3.63, 3.8) is 0 Å². The Hall–Kier alpha value is -1.08. The molecule has 0 amide bonds. The summed E-state index contributed by atoms with van der Waals surface area (Å²) >= 11 is 0. The van der Waals surface area contributed by atoms with E-state index in [0.29, 0.717) is 5.69 Å². The Morgan fingerprint density at radius 3 is 2.64 bits per heavy atom. The van der Waals surface area contributed by atoms with E-state index in [1.807, 2.05) is 0 Å². The summed E-state index contributed by atoms with van der Waals surface area (Å²) in [7, 11) is 2.41. The molecule has 1 unspecified atom stereocenters. The maximum Gasteiger partial charge on any atom is 0.337 e. The van der Waals surface area contributed by atoms with Crippen LogP contribution < -0.4 is 11.0 Å². The van der Waals surface area contributed by atoms with Gasteiger partial charge < -0.3 is 10.8 Å². The van der Waals surface area contributed by atoms with Crippen molar-refractivity contribution in [2.45, 2.75) is 0 Å². The van der Waals surface area contributed by atoms with Crippen LogP contribution in [0.15, 0.2) is 18.2 Å². The zero-order valence-electron chi connectivity index (χ0n) is 5.74. The third-order valence-electron chi connectivity index (χ3n) is 1.31. The predicted molar refractivity (Wildman–Crippen MR) is 47.2 cm³/mol. The van der Waals surface area contributed by atoms with E-state index in [-0.39, 0.29) is 5.56 Å². The molecule has 0 fully saturated rings. The SMILES string of the molecule is Nc1ccc(P)cc1C(=O)O. The van der Waals surface area contributed by atoms with Crippen LogP contribution in [0.4, 0.5) is 5.69 Å². The molecule has 0 aromatic heterocycles. The Morgan fingerprint density at radius 1 is 1.55 bits per heavy atom. The van der Waals surface area contributed by atoms with Gasteiger partial charge in [0.15, 0.2) is 0 Å². The van der Waals surface area contributed by atoms with E-state index in [0.717, 1.165) is 5.30 Å². The van der Waals surface area contributed by atoms with Gasteiger partial charge in [0.2, 0.25) is 0 Å². The Morgan fingerprint density at radius 2 is 2.18 bits per heavy atom. The number of benzene rings is 1. The van der Waals surface area contributed by atoms with Gasteiger partial charge in [-0.1, -0.05) is 6.07 Å². The van der Waals surface area contributed by atoms with Gasteiger partial charge in [0, 0.05) is 5.69 Å². The summed E-state index contributed by atoms with van der Waals surface area (Å²) in [4.78, 5) is 10.5. The van der Waals surface area contributed by atoms with E-state index in [1.54, 1.807) is 12.1 Å². The molecule has 1 rings (SSSR count). The minimum absolute atomic E-state index is 0.150. The number of carbonyl (C=O) groups is 1. The van der Waals surface area contributed by atoms with Gasteiger partial charge in [0.1, 0.15) is 0 Å². The van der Waals surface area contributed by atoms with Crippen molar-refractivity contribution in [1.82, 2.24) is 0 Å². The number of carboxylic acid groups (broad SMARTS) is 1. The zero-order chi connectivity index (χ0) is 8.43. The third kappa shape index (κ3) is 1.69. The molecule has 1 atom stereocenters. The molecule has 1 aromatic rings. The fourth-order valence-corrected chi connectivity index (χ4v) is 1.02. The monoisotopic (exact) mass is 169 g/mol. The Bertz CT molecular complexity index is 298. The molecule has 0 aliphatic rings. The molecule has 0 heterocycles. The predicted octanol–water partition coefficient (Wildman–Crippen LogP) is 0.467. The van der Waals surface area contributed by atoms with Crippen molar-refractivity contribution < 1.29 is 9.90 Å². The average molecular weight is 169 g/mol. The highest BCUT2D eigenvalue weighted by Crippen LogP contribution is 2.09. The van der Waals surface area contributed by atoms with E-state index < -0.39 is 5.97 Å². The largest absolute Gasteiger partial charge is 0.478 e. The van der Waals surface area contributed by atoms with Gasteiger partial charge in [-0.3, -0.25) is 0 Å². The first-order valence-electron chi connectivity index (χ1n) is 2.99. The molecule has 0 aliphatic carbocycles. The number of nitrogen functional groups attached to an aromatic ring is 1. The maximum atomic E-state index is 10.5. The second kappa shape index (κ2) is 2.89. The van der Waals surface area contributed by atoms with Crippen LogP contribution in [0, 0.1) is 0 Å². The summed E-state index contributed by atoms with van der Waals surface area (Å²) in [6.07, 6.45) is 0. The van der Waals surface area contributed by atoms with Crippen molar-refractivity contribution in [1.29, 1.82) is 0 Å². The fraction of sp³-hybridized carbons (Fsp3) is 0. The van der Waals surface area contributed by atoms with Gasteiger partial charge >= 0.3 is 5.97 Å². The Balaban J connectivity index is 3.23. The molecule has 0 aliphatic heterocycles. The quantitative estimate of drug-likeness (QED) is 0.474. The summed E-state index contributed by atoms with van der Waals surface area (Å²) in [6.45, 7) is 0. The lowest BCUT2D eigenvalue weighted by Crippen LogP contribution is -2.05. The summed E-state index contributed by atoms with van der Waals surface area (Å²) in [5, 5.41) is 9.42. The number of nitrogens with two attached hydrogens (primary N) is 1. The topological polar surface area (TPSA) is 63.3 Å². The van der Waals surface area contributed by atoms with Crippen LogP contribution >= 0.6 is 9.24 Å². The first kappa shape index (κ1) is 8.02. The molecule has 0 bridgehead atoms. The number of hydrogen-bond acceptors (Lipinski definition) is 2. The van der Waals surface area contributed by atoms with Crippen LogP contribution in [0.2, 0.25) is 0 Å². The van der Waals surface area contributed by atoms with Crippen LogP contribution in [0.5, 0.6) is 0 Å². The van der Waals surface area contributed by atoms with Crippen LogP contribution in [0.1, 0.15) is 10.4 Å². The molecule has 4 heteroatoms. The minimum atomic E-state index is -0.994. The highest BCUT2D eigenvalue weighted by Gasteiger charge is 2.06. The summed E-state index contributed by atoms with van der Waals surface area (Å²) in [5.74, 6) is -0.994. The molecule has 0 saturated heterocycles. The van der Waals surface area contributed by atoms with Crippen molar-refractivity contribution in [2.75, 3.05) is 5.73 Å². The molecule has 3 nitrogen and oxygen atoms in total. The first-order valence-corrected chi connectivity index (χ1v) is 3.57. The highest BCUT2D eigenvalue weighted by atomic mass is 31.0. The standard InChI is InChI=1S/C7H8NO2P/c8-6-2-1-4(11)3-5(6)7(9)10/h1-3H,8,11H2,(H,9,10). The lowest BCUT2D eigenvalue weighted by molar-refractivity contribution is 0.0698. The Labute approximate surface area is 66.4 Å². The lowest BCUT2D eigenvalue weighted by atomic mass is 10.2. The summed E-state index contributed by atoms with van der Waals surface area (Å²) in [6, 6.07) is 4.83. The zero-order valence-corrected chi connectivity index (χ0v) is 6.90. The van der Waals surface area contributed by atoms with Gasteiger partial charge in [-0.2, -0.15) is 0 Å². The highest BCUT2D eigenvalue weighted by molar-refractivity contribution is 7.27. The number of anilines is 1. The van der Waals surface area contributed by atoms with E-state index in [2.05, 4.69) is 9.24 Å². The first-order chi connectivity index (χ1) is 5.11. The Kier molecular flexibility index (Phi) is 2.11. The second-order valence-corrected chi connectivity index (χ2v) is 2.82. The smallest absolute Gasteiger partial charge is 0.337 e. The molecular formula is C7H8NO2P. The van der Waals surface area contributed by atoms with Crippen LogP contribution in [-0.4, -0.2) is 11.1 Å². The van der Waals surface area contributed by atoms with Crippen LogP contribution in [0.25, 0.3) is 0 Å². The van der Waals surface area contributed by atoms with Gasteiger partial charge in [-0.05, 0) is 17.4 Å². The van der Waals surface area contributed by atoms with Gasteiger partial charge in [-0.25, -0.2) is 4.79 Å².